The Bertz CT molecular complexity index is 4150. The van der Waals surface area contributed by atoms with Gasteiger partial charge in [0.1, 0.15) is 0 Å². The van der Waals surface area contributed by atoms with E-state index in [1.807, 2.05) is 11.3 Å². The predicted molar refractivity (Wildman–Crippen MR) is 310 cm³/mol. The van der Waals surface area contributed by atoms with Crippen LogP contribution in [0.5, 0.6) is 0 Å². The fraction of sp³-hybridized carbons (Fsp3) is 0.0435. The summed E-state index contributed by atoms with van der Waals surface area (Å²) in [5.41, 5.74) is 16.6. The van der Waals surface area contributed by atoms with Crippen LogP contribution < -0.4 is 9.80 Å². The quantitative estimate of drug-likeness (QED) is 0.140. The molecule has 0 saturated carbocycles. The number of anilines is 6. The second-order valence-electron chi connectivity index (χ2n) is 19.7. The second-order valence-corrected chi connectivity index (χ2v) is 20.7. The molecule has 0 unspecified atom stereocenters. The zero-order valence-corrected chi connectivity index (χ0v) is 40.9. The van der Waals surface area contributed by atoms with E-state index < -0.39 is 0 Å². The van der Waals surface area contributed by atoms with Gasteiger partial charge in [-0.3, -0.25) is 0 Å². The average molecular weight is 937 g/mol. The first-order valence-corrected chi connectivity index (χ1v) is 25.7. The number of para-hydroxylation sites is 2. The average Bonchev–Trinajstić information content (AvgIpc) is 3.93. The molecule has 13 aromatic rings. The Hall–Kier alpha value is -8.76. The minimum atomic E-state index is -0.265. The fourth-order valence-electron chi connectivity index (χ4n) is 11.7. The van der Waals surface area contributed by atoms with E-state index in [0.29, 0.717) is 0 Å². The molecule has 12 aromatic carbocycles. The van der Waals surface area contributed by atoms with Crippen LogP contribution in [0.1, 0.15) is 25.0 Å². The molecule has 0 atom stereocenters. The molecule has 0 spiro atoms. The number of hydrogen-bond acceptors (Lipinski definition) is 3. The smallest absolute Gasteiger partial charge is 0.0468 e. The molecule has 0 N–H and O–H groups in total. The molecule has 0 radical (unpaired) electrons. The van der Waals surface area contributed by atoms with Crippen LogP contribution >= 0.6 is 11.3 Å². The highest BCUT2D eigenvalue weighted by molar-refractivity contribution is 7.26. The van der Waals surface area contributed by atoms with Gasteiger partial charge in [-0.1, -0.05) is 190 Å². The molecule has 14 rings (SSSR count). The highest BCUT2D eigenvalue weighted by Crippen LogP contribution is 2.53. The van der Waals surface area contributed by atoms with Crippen molar-refractivity contribution in [2.75, 3.05) is 9.80 Å². The first-order chi connectivity index (χ1) is 35.5. The summed E-state index contributed by atoms with van der Waals surface area (Å²) < 4.78 is 2.67. The second kappa shape index (κ2) is 16.7. The van der Waals surface area contributed by atoms with Crippen LogP contribution in [0.3, 0.4) is 0 Å². The lowest BCUT2D eigenvalue weighted by atomic mass is 9.82. The van der Waals surface area contributed by atoms with Gasteiger partial charge in [0.05, 0.1) is 0 Å². The third-order valence-electron chi connectivity index (χ3n) is 15.2. The van der Waals surface area contributed by atoms with E-state index in [-0.39, 0.29) is 5.41 Å². The summed E-state index contributed by atoms with van der Waals surface area (Å²) >= 11 is 1.88. The van der Waals surface area contributed by atoms with E-state index in [2.05, 4.69) is 278 Å². The molecule has 1 aromatic heterocycles. The summed E-state index contributed by atoms with van der Waals surface area (Å²) in [5, 5.41) is 10.2. The van der Waals surface area contributed by atoms with Gasteiger partial charge < -0.3 is 9.80 Å². The SMILES string of the molecule is CC1(C)c2cc(N(c3ccccc3)c3ccccc3)ccc2-c2ccc(N(c3ccc(-c4ccc(-c5cccc6c5sc5ccccc56)cc4)cc3)c3ccc4c5ccccc5c5ccccc5c4c3)cc21. The molecule has 1 heterocycles. The van der Waals surface area contributed by atoms with E-state index in [0.717, 1.165) is 34.1 Å². The van der Waals surface area contributed by atoms with Gasteiger partial charge >= 0.3 is 0 Å². The van der Waals surface area contributed by atoms with Crippen molar-refractivity contribution in [2.45, 2.75) is 19.3 Å². The lowest BCUT2D eigenvalue weighted by molar-refractivity contribution is 0.660. The van der Waals surface area contributed by atoms with Gasteiger partial charge in [-0.25, -0.2) is 0 Å². The zero-order valence-electron chi connectivity index (χ0n) is 40.1. The molecule has 1 aliphatic rings. The molecule has 0 aliphatic heterocycles. The molecule has 72 heavy (non-hydrogen) atoms. The van der Waals surface area contributed by atoms with Crippen molar-refractivity contribution in [1.82, 2.24) is 0 Å². The third-order valence-corrected chi connectivity index (χ3v) is 16.5. The maximum atomic E-state index is 2.46. The van der Waals surface area contributed by atoms with Crippen molar-refractivity contribution < 1.29 is 0 Å². The summed E-state index contributed by atoms with van der Waals surface area (Å²) in [7, 11) is 0. The number of thiophene rings is 1. The summed E-state index contributed by atoms with van der Waals surface area (Å²) in [6.07, 6.45) is 0. The van der Waals surface area contributed by atoms with Crippen LogP contribution in [0.4, 0.5) is 34.1 Å². The molecule has 0 amide bonds. The van der Waals surface area contributed by atoms with Gasteiger partial charge in [0.25, 0.3) is 0 Å². The molecule has 0 bridgehead atoms. The number of nitrogens with zero attached hydrogens (tertiary/aromatic N) is 2. The van der Waals surface area contributed by atoms with Crippen molar-refractivity contribution in [3.8, 4) is 33.4 Å². The Kier molecular flexibility index (Phi) is 9.77. The van der Waals surface area contributed by atoms with Gasteiger partial charge in [-0.2, -0.15) is 0 Å². The Balaban J connectivity index is 0.874. The lowest BCUT2D eigenvalue weighted by Crippen LogP contribution is -2.17. The van der Waals surface area contributed by atoms with E-state index in [4.69, 9.17) is 0 Å². The van der Waals surface area contributed by atoms with Crippen LogP contribution in [0.2, 0.25) is 0 Å². The Morgan fingerprint density at radius 2 is 0.681 bits per heavy atom. The third kappa shape index (κ3) is 6.77. The molecule has 340 valence electrons. The summed E-state index contributed by atoms with van der Waals surface area (Å²) in [4.78, 5) is 4.82. The topological polar surface area (TPSA) is 6.48 Å². The summed E-state index contributed by atoms with van der Waals surface area (Å²) in [6.45, 7) is 4.78. The van der Waals surface area contributed by atoms with Crippen molar-refractivity contribution in [2.24, 2.45) is 0 Å². The number of benzene rings is 12. The number of rotatable bonds is 8. The van der Waals surface area contributed by atoms with Crippen LogP contribution in [0.25, 0.3) is 85.9 Å². The van der Waals surface area contributed by atoms with E-state index >= 15 is 0 Å². The number of hydrogen-bond donors (Lipinski definition) is 0. The summed E-state index contributed by atoms with van der Waals surface area (Å²) in [6, 6.07) is 94.1. The molecule has 0 fully saturated rings. The van der Waals surface area contributed by atoms with E-state index in [1.54, 1.807) is 0 Å². The maximum Gasteiger partial charge on any atom is 0.0468 e. The van der Waals surface area contributed by atoms with Crippen LogP contribution in [0, 0.1) is 0 Å². The monoisotopic (exact) mass is 936 g/mol. The van der Waals surface area contributed by atoms with Gasteiger partial charge in [0.15, 0.2) is 0 Å². The van der Waals surface area contributed by atoms with Crippen molar-refractivity contribution in [3.63, 3.8) is 0 Å². The van der Waals surface area contributed by atoms with Crippen molar-refractivity contribution in [3.05, 3.63) is 266 Å². The first-order valence-electron chi connectivity index (χ1n) is 24.9. The normalized spacial score (nSPS) is 12.7. The lowest BCUT2D eigenvalue weighted by Gasteiger charge is -2.29. The number of fused-ring (bicyclic) bond motifs is 12. The van der Waals surface area contributed by atoms with Gasteiger partial charge in [0, 0.05) is 59.7 Å². The maximum absolute atomic E-state index is 2.46. The molecule has 2 nitrogen and oxygen atoms in total. The first kappa shape index (κ1) is 42.1. The minimum absolute atomic E-state index is 0.265. The van der Waals surface area contributed by atoms with Gasteiger partial charge in [0.2, 0.25) is 0 Å². The van der Waals surface area contributed by atoms with Crippen LogP contribution in [-0.2, 0) is 5.41 Å². The molecular formula is C69H48N2S. The van der Waals surface area contributed by atoms with Crippen LogP contribution in [-0.4, -0.2) is 0 Å². The molecule has 0 saturated heterocycles. The standard InChI is InChI=1S/C69H48N2S/c1-69(2)65-43-52(70(48-16-5-3-6-17-48)49-18-7-4-8-19-49)37-40-60(65)61-41-38-53(44-66(61)69)71(51-36-39-59-57-22-10-9-20-55(57)56-21-11-12-23-58(56)64(59)42-51)50-34-32-46(33-35-50)45-28-30-47(31-29-45)54-25-15-26-63-62-24-13-14-27-67(62)72-68(54)63/h3-44H,1-2H3. The Morgan fingerprint density at radius 3 is 1.26 bits per heavy atom. The predicted octanol–water partition coefficient (Wildman–Crippen LogP) is 20.1. The Labute approximate surface area is 423 Å². The highest BCUT2D eigenvalue weighted by atomic mass is 32.1. The summed E-state index contributed by atoms with van der Waals surface area (Å²) in [5.74, 6) is 0. The largest absolute Gasteiger partial charge is 0.310 e. The van der Waals surface area contributed by atoms with E-state index in [1.165, 1.54) is 97.0 Å². The molecule has 1 aliphatic carbocycles. The highest BCUT2D eigenvalue weighted by Gasteiger charge is 2.37. The molecular weight excluding hydrogens is 889 g/mol. The minimum Gasteiger partial charge on any atom is -0.310 e. The van der Waals surface area contributed by atoms with Crippen molar-refractivity contribution in [1.29, 1.82) is 0 Å². The Morgan fingerprint density at radius 1 is 0.278 bits per heavy atom. The fourth-order valence-corrected chi connectivity index (χ4v) is 12.9. The van der Waals surface area contributed by atoms with Gasteiger partial charge in [-0.05, 0) is 156 Å². The van der Waals surface area contributed by atoms with E-state index in [9.17, 15) is 0 Å². The zero-order chi connectivity index (χ0) is 47.9. The molecule has 3 heteroatoms. The van der Waals surface area contributed by atoms with Crippen molar-refractivity contribution >= 4 is 98.0 Å². The van der Waals surface area contributed by atoms with Crippen LogP contribution in [0.15, 0.2) is 255 Å². The van der Waals surface area contributed by atoms with Gasteiger partial charge in [-0.15, -0.1) is 11.3 Å².